The first kappa shape index (κ1) is 24.8. The van der Waals surface area contributed by atoms with Gasteiger partial charge < -0.3 is 24.8 Å². The van der Waals surface area contributed by atoms with Gasteiger partial charge in [-0.05, 0) is 25.0 Å². The number of hydrogen-bond donors (Lipinski definition) is 2. The first-order valence-corrected chi connectivity index (χ1v) is 12.3. The third kappa shape index (κ3) is 6.25. The normalized spacial score (nSPS) is 17.9. The highest BCUT2D eigenvalue weighted by atomic mass is 16.5. The molecule has 2 N–H and O–H groups in total. The van der Waals surface area contributed by atoms with Crippen molar-refractivity contribution < 1.29 is 23.6 Å². The second kappa shape index (κ2) is 11.4. The third-order valence-corrected chi connectivity index (χ3v) is 6.56. The van der Waals surface area contributed by atoms with Crippen LogP contribution >= 0.6 is 0 Å². The second-order valence-electron chi connectivity index (χ2n) is 9.19. The summed E-state index contributed by atoms with van der Waals surface area (Å²) in [6.45, 7) is 3.58. The van der Waals surface area contributed by atoms with Crippen molar-refractivity contribution in [2.45, 2.75) is 63.8 Å². The topological polar surface area (TPSA) is 127 Å². The van der Waals surface area contributed by atoms with Crippen LogP contribution in [0.4, 0.5) is 5.69 Å². The molecule has 2 fully saturated rings. The van der Waals surface area contributed by atoms with E-state index >= 15 is 0 Å². The molecule has 3 amide bonds. The number of nitrogens with zero attached hydrogens (tertiary/aromatic N) is 3. The fourth-order valence-electron chi connectivity index (χ4n) is 4.77. The van der Waals surface area contributed by atoms with Crippen LogP contribution in [-0.2, 0) is 26.3 Å². The molecule has 1 aromatic heterocycles. The molecule has 10 nitrogen and oxygen atoms in total. The molecular weight excluding hydrogens is 450 g/mol. The Bertz CT molecular complexity index is 1040. The van der Waals surface area contributed by atoms with Crippen molar-refractivity contribution in [3.63, 3.8) is 0 Å². The Morgan fingerprint density at radius 2 is 1.77 bits per heavy atom. The van der Waals surface area contributed by atoms with Crippen molar-refractivity contribution in [3.8, 4) is 0 Å². The Morgan fingerprint density at radius 3 is 2.49 bits per heavy atom. The van der Waals surface area contributed by atoms with E-state index in [1.165, 1.54) is 6.92 Å². The van der Waals surface area contributed by atoms with Crippen molar-refractivity contribution in [1.82, 2.24) is 20.4 Å². The number of carbonyl (C=O) groups excluding carboxylic acids is 3. The van der Waals surface area contributed by atoms with Crippen molar-refractivity contribution in [2.24, 2.45) is 0 Å². The summed E-state index contributed by atoms with van der Waals surface area (Å²) in [6, 6.07) is 7.00. The van der Waals surface area contributed by atoms with Crippen LogP contribution in [0, 0.1) is 0 Å². The highest BCUT2D eigenvalue weighted by Crippen LogP contribution is 2.34. The lowest BCUT2D eigenvalue weighted by Crippen LogP contribution is -2.45. The Balaban J connectivity index is 1.38. The molecule has 1 aromatic carbocycles. The number of rotatable bonds is 7. The summed E-state index contributed by atoms with van der Waals surface area (Å²) in [5.74, 6) is 0.326. The molecule has 1 aliphatic heterocycles. The molecule has 1 aliphatic carbocycles. The van der Waals surface area contributed by atoms with Crippen molar-refractivity contribution in [2.75, 3.05) is 31.6 Å². The van der Waals surface area contributed by atoms with Crippen molar-refractivity contribution >= 4 is 23.4 Å². The van der Waals surface area contributed by atoms with Crippen LogP contribution in [0.1, 0.15) is 73.9 Å². The van der Waals surface area contributed by atoms with Gasteiger partial charge >= 0.3 is 0 Å². The van der Waals surface area contributed by atoms with Crippen molar-refractivity contribution in [3.05, 3.63) is 41.5 Å². The minimum Gasteiger partial charge on any atom is -0.378 e. The highest BCUT2D eigenvalue weighted by Gasteiger charge is 2.38. The van der Waals surface area contributed by atoms with E-state index in [1.807, 2.05) is 0 Å². The van der Waals surface area contributed by atoms with Gasteiger partial charge in [-0.1, -0.05) is 43.0 Å². The predicted octanol–water partition coefficient (Wildman–Crippen LogP) is 2.80. The molecule has 2 heterocycles. The summed E-state index contributed by atoms with van der Waals surface area (Å²) in [5, 5.41) is 10.1. The van der Waals surface area contributed by atoms with E-state index in [1.54, 1.807) is 29.2 Å². The van der Waals surface area contributed by atoms with Gasteiger partial charge in [-0.3, -0.25) is 14.4 Å². The Morgan fingerprint density at radius 1 is 1.06 bits per heavy atom. The molecular formula is C25H33N5O5. The standard InChI is InChI=1S/C25H33N5O5/c1-18(31)28-25(12-6-2-3-7-13-25)24-27-22(35-29-24)11-10-21(32)26-20-9-5-4-8-19(20)23(33)30-14-16-34-17-15-30/h4-5,8-9H,2-3,6-7,10-17H2,1H3,(H,26,32)(H,28,31). The summed E-state index contributed by atoms with van der Waals surface area (Å²) < 4.78 is 10.8. The Hall–Kier alpha value is -3.27. The monoisotopic (exact) mass is 483 g/mol. The molecule has 0 unspecified atom stereocenters. The highest BCUT2D eigenvalue weighted by molar-refractivity contribution is 6.03. The number of para-hydroxylation sites is 1. The molecule has 0 atom stereocenters. The van der Waals surface area contributed by atoms with Gasteiger partial charge in [-0.2, -0.15) is 4.98 Å². The zero-order valence-corrected chi connectivity index (χ0v) is 20.2. The number of hydrogen-bond acceptors (Lipinski definition) is 7. The summed E-state index contributed by atoms with van der Waals surface area (Å²) >= 11 is 0. The van der Waals surface area contributed by atoms with Gasteiger partial charge in [0.1, 0.15) is 5.54 Å². The van der Waals surface area contributed by atoms with Crippen LogP contribution in [0.2, 0.25) is 0 Å². The predicted molar refractivity (Wildman–Crippen MR) is 128 cm³/mol. The van der Waals surface area contributed by atoms with E-state index in [0.717, 1.165) is 38.5 Å². The average Bonchev–Trinajstić information content (AvgIpc) is 3.23. The molecule has 35 heavy (non-hydrogen) atoms. The van der Waals surface area contributed by atoms with Crippen LogP contribution in [-0.4, -0.2) is 59.1 Å². The number of benzene rings is 1. The number of ether oxygens (including phenoxy) is 1. The van der Waals surface area contributed by atoms with Crippen LogP contribution in [0.25, 0.3) is 0 Å². The van der Waals surface area contributed by atoms with Gasteiger partial charge in [0.2, 0.25) is 17.7 Å². The van der Waals surface area contributed by atoms with E-state index in [9.17, 15) is 14.4 Å². The Labute approximate surface area is 204 Å². The molecule has 10 heteroatoms. The van der Waals surface area contributed by atoms with Crippen molar-refractivity contribution in [1.29, 1.82) is 0 Å². The molecule has 2 aliphatic rings. The number of morpholine rings is 1. The van der Waals surface area contributed by atoms with Crippen LogP contribution in [0.15, 0.2) is 28.8 Å². The smallest absolute Gasteiger partial charge is 0.256 e. The average molecular weight is 484 g/mol. The fraction of sp³-hybridized carbons (Fsp3) is 0.560. The Kier molecular flexibility index (Phi) is 8.12. The van der Waals surface area contributed by atoms with E-state index in [4.69, 9.17) is 9.26 Å². The molecule has 4 rings (SSSR count). The molecule has 188 valence electrons. The zero-order valence-electron chi connectivity index (χ0n) is 20.2. The van der Waals surface area contributed by atoms with E-state index in [0.29, 0.717) is 49.3 Å². The summed E-state index contributed by atoms with van der Waals surface area (Å²) in [4.78, 5) is 43.8. The van der Waals surface area contributed by atoms with Gasteiger partial charge in [0.25, 0.3) is 5.91 Å². The number of nitrogens with one attached hydrogen (secondary N) is 2. The zero-order chi connectivity index (χ0) is 24.7. The molecule has 1 saturated carbocycles. The molecule has 1 saturated heterocycles. The lowest BCUT2D eigenvalue weighted by molar-refractivity contribution is -0.121. The third-order valence-electron chi connectivity index (χ3n) is 6.56. The number of anilines is 1. The largest absolute Gasteiger partial charge is 0.378 e. The number of aromatic nitrogens is 2. The number of amides is 3. The molecule has 2 aromatic rings. The summed E-state index contributed by atoms with van der Waals surface area (Å²) in [6.07, 6.45) is 6.09. The second-order valence-corrected chi connectivity index (χ2v) is 9.19. The maximum atomic E-state index is 12.9. The lowest BCUT2D eigenvalue weighted by Gasteiger charge is -2.30. The first-order valence-electron chi connectivity index (χ1n) is 12.3. The molecule has 0 spiro atoms. The summed E-state index contributed by atoms with van der Waals surface area (Å²) in [7, 11) is 0. The molecule has 0 radical (unpaired) electrons. The lowest BCUT2D eigenvalue weighted by atomic mass is 9.89. The van der Waals surface area contributed by atoms with Crippen LogP contribution in [0.3, 0.4) is 0 Å². The maximum Gasteiger partial charge on any atom is 0.256 e. The van der Waals surface area contributed by atoms with E-state index < -0.39 is 5.54 Å². The fourth-order valence-corrected chi connectivity index (χ4v) is 4.77. The van der Waals surface area contributed by atoms with Gasteiger partial charge in [0.05, 0.1) is 24.5 Å². The minimum absolute atomic E-state index is 0.120. The van der Waals surface area contributed by atoms with Gasteiger partial charge in [-0.15, -0.1) is 0 Å². The SMILES string of the molecule is CC(=O)NC1(c2noc(CCC(=O)Nc3ccccc3C(=O)N3CCOCC3)n2)CCCCCC1. The summed E-state index contributed by atoms with van der Waals surface area (Å²) in [5.41, 5.74) is 0.308. The van der Waals surface area contributed by atoms with Gasteiger partial charge in [0.15, 0.2) is 5.82 Å². The van der Waals surface area contributed by atoms with E-state index in [2.05, 4.69) is 20.8 Å². The van der Waals surface area contributed by atoms with Gasteiger partial charge in [-0.25, -0.2) is 0 Å². The van der Waals surface area contributed by atoms with Crippen LogP contribution in [0.5, 0.6) is 0 Å². The maximum absolute atomic E-state index is 12.9. The molecule has 0 bridgehead atoms. The minimum atomic E-state index is -0.620. The quantitative estimate of drug-likeness (QED) is 0.580. The number of carbonyl (C=O) groups is 3. The van der Waals surface area contributed by atoms with E-state index in [-0.39, 0.29) is 30.6 Å². The number of aryl methyl sites for hydroxylation is 1. The first-order chi connectivity index (χ1) is 17.0. The van der Waals surface area contributed by atoms with Crippen LogP contribution < -0.4 is 10.6 Å². The van der Waals surface area contributed by atoms with Gasteiger partial charge in [0, 0.05) is 32.9 Å².